The van der Waals surface area contributed by atoms with Crippen LogP contribution in [-0.4, -0.2) is 63.0 Å². The number of carbonyl (C=O) groups excluding carboxylic acids is 2. The summed E-state index contributed by atoms with van der Waals surface area (Å²) in [6.45, 7) is 11.5. The summed E-state index contributed by atoms with van der Waals surface area (Å²) >= 11 is 0. The summed E-state index contributed by atoms with van der Waals surface area (Å²) in [7, 11) is 0. The molecule has 1 saturated heterocycles. The number of aromatic nitrogens is 2. The number of hydrogen-bond donors (Lipinski definition) is 0. The van der Waals surface area contributed by atoms with Crippen molar-refractivity contribution in [2.45, 2.75) is 46.6 Å². The molecule has 27 heavy (non-hydrogen) atoms. The molecule has 1 aliphatic heterocycles. The summed E-state index contributed by atoms with van der Waals surface area (Å²) in [4.78, 5) is 33.5. The molecule has 2 amide bonds. The SMILES string of the molecule is CCc1nc2c(C)cccn2c1C(=O)N1CCN(C(=O)OC(C)(C)C)CC1. The normalized spacial score (nSPS) is 15.3. The molecule has 1 fully saturated rings. The molecule has 0 radical (unpaired) electrons. The molecule has 2 aromatic heterocycles. The van der Waals surface area contributed by atoms with Gasteiger partial charge in [-0.25, -0.2) is 9.78 Å². The summed E-state index contributed by atoms with van der Waals surface area (Å²) in [5.41, 5.74) is 2.78. The van der Waals surface area contributed by atoms with Gasteiger partial charge in [-0.05, 0) is 45.7 Å². The van der Waals surface area contributed by atoms with Crippen LogP contribution in [-0.2, 0) is 11.2 Å². The lowest BCUT2D eigenvalue weighted by Crippen LogP contribution is -2.51. The fraction of sp³-hybridized carbons (Fsp3) is 0.550. The third-order valence-corrected chi connectivity index (χ3v) is 4.67. The number of ether oxygens (including phenoxy) is 1. The maximum Gasteiger partial charge on any atom is 0.410 e. The standard InChI is InChI=1S/C20H28N4O3/c1-6-15-16(24-9-7-8-14(2)17(24)21-15)18(25)22-10-12-23(13-11-22)19(26)27-20(3,4)5/h7-9H,6,10-13H2,1-5H3. The summed E-state index contributed by atoms with van der Waals surface area (Å²) in [5, 5.41) is 0. The fourth-order valence-electron chi connectivity index (χ4n) is 3.29. The molecule has 7 heteroatoms. The topological polar surface area (TPSA) is 67.2 Å². The number of pyridine rings is 1. The minimum absolute atomic E-state index is 0.0335. The third-order valence-electron chi connectivity index (χ3n) is 4.67. The van der Waals surface area contributed by atoms with Gasteiger partial charge in [0, 0.05) is 32.4 Å². The van der Waals surface area contributed by atoms with E-state index in [1.807, 2.05) is 57.3 Å². The van der Waals surface area contributed by atoms with Crippen LogP contribution < -0.4 is 0 Å². The predicted octanol–water partition coefficient (Wildman–Crippen LogP) is 2.90. The van der Waals surface area contributed by atoms with Gasteiger partial charge in [0.25, 0.3) is 5.91 Å². The molecular formula is C20H28N4O3. The number of amides is 2. The highest BCUT2D eigenvalue weighted by Gasteiger charge is 2.30. The largest absolute Gasteiger partial charge is 0.444 e. The van der Waals surface area contributed by atoms with Gasteiger partial charge in [0.1, 0.15) is 16.9 Å². The van der Waals surface area contributed by atoms with Crippen LogP contribution in [0.4, 0.5) is 4.79 Å². The second kappa shape index (κ2) is 7.21. The summed E-state index contributed by atoms with van der Waals surface area (Å²) in [6, 6.07) is 3.93. The lowest BCUT2D eigenvalue weighted by molar-refractivity contribution is 0.0140. The highest BCUT2D eigenvalue weighted by molar-refractivity contribution is 5.95. The first-order valence-electron chi connectivity index (χ1n) is 9.45. The van der Waals surface area contributed by atoms with Crippen LogP contribution in [0.1, 0.15) is 49.4 Å². The van der Waals surface area contributed by atoms with Gasteiger partial charge in [-0.15, -0.1) is 0 Å². The van der Waals surface area contributed by atoms with Crippen LogP contribution in [0.15, 0.2) is 18.3 Å². The molecule has 7 nitrogen and oxygen atoms in total. The summed E-state index contributed by atoms with van der Waals surface area (Å²) in [5.74, 6) is -0.0335. The van der Waals surface area contributed by atoms with E-state index in [9.17, 15) is 9.59 Å². The van der Waals surface area contributed by atoms with Gasteiger partial charge in [0.05, 0.1) is 5.69 Å². The molecule has 0 aliphatic carbocycles. The molecule has 0 unspecified atom stereocenters. The Hall–Kier alpha value is -2.57. The van der Waals surface area contributed by atoms with E-state index in [-0.39, 0.29) is 12.0 Å². The van der Waals surface area contributed by atoms with Gasteiger partial charge >= 0.3 is 6.09 Å². The number of nitrogens with zero attached hydrogens (tertiary/aromatic N) is 4. The molecule has 3 rings (SSSR count). The van der Waals surface area contributed by atoms with Crippen molar-refractivity contribution in [3.63, 3.8) is 0 Å². The number of aryl methyl sites for hydroxylation is 2. The molecule has 0 bridgehead atoms. The maximum absolute atomic E-state index is 13.2. The number of hydrogen-bond acceptors (Lipinski definition) is 4. The third kappa shape index (κ3) is 3.91. The molecule has 1 aliphatic rings. The molecule has 0 saturated carbocycles. The number of rotatable bonds is 2. The Kier molecular flexibility index (Phi) is 5.13. The zero-order valence-electron chi connectivity index (χ0n) is 16.8. The average molecular weight is 372 g/mol. The molecule has 0 atom stereocenters. The molecule has 3 heterocycles. The lowest BCUT2D eigenvalue weighted by atomic mass is 10.2. The Morgan fingerprint density at radius 2 is 1.78 bits per heavy atom. The maximum atomic E-state index is 13.2. The van der Waals surface area contributed by atoms with E-state index in [0.717, 1.165) is 16.9 Å². The van der Waals surface area contributed by atoms with Crippen molar-refractivity contribution in [2.24, 2.45) is 0 Å². The smallest absolute Gasteiger partial charge is 0.410 e. The van der Waals surface area contributed by atoms with E-state index in [1.54, 1.807) is 9.80 Å². The van der Waals surface area contributed by atoms with Crippen molar-refractivity contribution in [2.75, 3.05) is 26.2 Å². The second-order valence-corrected chi connectivity index (χ2v) is 7.91. The quantitative estimate of drug-likeness (QED) is 0.813. The van der Waals surface area contributed by atoms with E-state index in [4.69, 9.17) is 4.74 Å². The zero-order valence-corrected chi connectivity index (χ0v) is 16.8. The minimum atomic E-state index is -0.519. The number of imidazole rings is 1. The first-order chi connectivity index (χ1) is 12.7. The fourth-order valence-corrected chi connectivity index (χ4v) is 3.29. The monoisotopic (exact) mass is 372 g/mol. The molecule has 146 valence electrons. The number of piperazine rings is 1. The van der Waals surface area contributed by atoms with E-state index < -0.39 is 5.60 Å². The van der Waals surface area contributed by atoms with Gasteiger partial charge in [-0.2, -0.15) is 0 Å². The van der Waals surface area contributed by atoms with Crippen LogP contribution >= 0.6 is 0 Å². The Bertz CT molecular complexity index is 858. The average Bonchev–Trinajstić information content (AvgIpc) is 3.00. The minimum Gasteiger partial charge on any atom is -0.444 e. The van der Waals surface area contributed by atoms with E-state index in [1.165, 1.54) is 0 Å². The molecule has 0 aromatic carbocycles. The Morgan fingerprint density at radius 3 is 2.37 bits per heavy atom. The van der Waals surface area contributed by atoms with Crippen molar-refractivity contribution < 1.29 is 14.3 Å². The van der Waals surface area contributed by atoms with Crippen molar-refractivity contribution in [3.05, 3.63) is 35.3 Å². The Morgan fingerprint density at radius 1 is 1.15 bits per heavy atom. The van der Waals surface area contributed by atoms with Crippen molar-refractivity contribution >= 4 is 17.6 Å². The molecule has 0 N–H and O–H groups in total. The van der Waals surface area contributed by atoms with Gasteiger partial charge < -0.3 is 14.5 Å². The summed E-state index contributed by atoms with van der Waals surface area (Å²) < 4.78 is 7.31. The zero-order chi connectivity index (χ0) is 19.8. The van der Waals surface area contributed by atoms with Crippen LogP contribution in [0.5, 0.6) is 0 Å². The van der Waals surface area contributed by atoms with Gasteiger partial charge in [0.15, 0.2) is 0 Å². The van der Waals surface area contributed by atoms with Gasteiger partial charge in [0.2, 0.25) is 0 Å². The Labute approximate surface area is 159 Å². The van der Waals surface area contributed by atoms with Gasteiger partial charge in [-0.3, -0.25) is 9.20 Å². The Balaban J connectivity index is 1.76. The van der Waals surface area contributed by atoms with Crippen LogP contribution in [0.25, 0.3) is 5.65 Å². The highest BCUT2D eigenvalue weighted by Crippen LogP contribution is 2.20. The van der Waals surface area contributed by atoms with Crippen LogP contribution in [0.2, 0.25) is 0 Å². The van der Waals surface area contributed by atoms with Crippen LogP contribution in [0.3, 0.4) is 0 Å². The van der Waals surface area contributed by atoms with Crippen molar-refractivity contribution in [1.29, 1.82) is 0 Å². The first kappa shape index (κ1) is 19.2. The second-order valence-electron chi connectivity index (χ2n) is 7.91. The molecule has 0 spiro atoms. The molecular weight excluding hydrogens is 344 g/mol. The van der Waals surface area contributed by atoms with Crippen molar-refractivity contribution in [1.82, 2.24) is 19.2 Å². The van der Waals surface area contributed by atoms with E-state index in [2.05, 4.69) is 4.98 Å². The van der Waals surface area contributed by atoms with Crippen molar-refractivity contribution in [3.8, 4) is 0 Å². The van der Waals surface area contributed by atoms with E-state index in [0.29, 0.717) is 38.3 Å². The van der Waals surface area contributed by atoms with Crippen LogP contribution in [0, 0.1) is 6.92 Å². The highest BCUT2D eigenvalue weighted by atomic mass is 16.6. The summed E-state index contributed by atoms with van der Waals surface area (Å²) in [6.07, 6.45) is 2.26. The number of carbonyl (C=O) groups is 2. The molecule has 2 aromatic rings. The predicted molar refractivity (Wildman–Crippen MR) is 103 cm³/mol. The number of fused-ring (bicyclic) bond motifs is 1. The van der Waals surface area contributed by atoms with Gasteiger partial charge in [-0.1, -0.05) is 13.0 Å². The van der Waals surface area contributed by atoms with E-state index >= 15 is 0 Å². The lowest BCUT2D eigenvalue weighted by Gasteiger charge is -2.35. The first-order valence-corrected chi connectivity index (χ1v) is 9.45.